The van der Waals surface area contributed by atoms with Gasteiger partial charge in [-0.3, -0.25) is 0 Å². The Labute approximate surface area is 170 Å². The highest BCUT2D eigenvalue weighted by Crippen LogP contribution is 2.33. The van der Waals surface area contributed by atoms with Crippen molar-refractivity contribution in [3.63, 3.8) is 0 Å². The molecule has 0 aromatic heterocycles. The molecule has 0 radical (unpaired) electrons. The van der Waals surface area contributed by atoms with Gasteiger partial charge in [-0.25, -0.2) is 0 Å². The maximum atomic E-state index is 6.25. The summed E-state index contributed by atoms with van der Waals surface area (Å²) < 4.78 is 18.3. The first-order valence-electron chi connectivity index (χ1n) is 7.46. The lowest BCUT2D eigenvalue weighted by Gasteiger charge is -2.33. The van der Waals surface area contributed by atoms with Crippen LogP contribution in [0.5, 0.6) is 11.5 Å². The molecule has 0 aliphatic heterocycles. The van der Waals surface area contributed by atoms with Gasteiger partial charge >= 0.3 is 17.1 Å². The minimum atomic E-state index is -2.60. The Morgan fingerprint density at radius 2 is 1.00 bits per heavy atom. The van der Waals surface area contributed by atoms with E-state index in [4.69, 9.17) is 59.4 Å². The van der Waals surface area contributed by atoms with Crippen LogP contribution >= 0.6 is 46.4 Å². The van der Waals surface area contributed by atoms with Gasteiger partial charge in [-0.1, -0.05) is 46.4 Å². The molecule has 0 heterocycles. The molecule has 0 spiro atoms. The lowest BCUT2D eigenvalue weighted by Crippen LogP contribution is -2.52. The van der Waals surface area contributed by atoms with Crippen molar-refractivity contribution < 1.29 is 13.0 Å². The van der Waals surface area contributed by atoms with E-state index in [2.05, 4.69) is 0 Å². The van der Waals surface area contributed by atoms with Crippen LogP contribution in [0.25, 0.3) is 0 Å². The Bertz CT molecular complexity index is 706. The van der Waals surface area contributed by atoms with Crippen LogP contribution in [0, 0.1) is 0 Å². The Morgan fingerprint density at radius 1 is 0.640 bits per heavy atom. The first kappa shape index (κ1) is 20.9. The van der Waals surface area contributed by atoms with Crippen molar-refractivity contribution in [1.29, 1.82) is 0 Å². The van der Waals surface area contributed by atoms with Gasteiger partial charge in [0.15, 0.2) is 0 Å². The van der Waals surface area contributed by atoms with Crippen LogP contribution in [0.2, 0.25) is 46.3 Å². The molecule has 9 heteroatoms. The van der Waals surface area contributed by atoms with Crippen molar-refractivity contribution in [3.8, 4) is 11.5 Å². The number of hydrogen-bond donors (Lipinski definition) is 0. The van der Waals surface area contributed by atoms with E-state index in [9.17, 15) is 0 Å². The second kappa shape index (κ2) is 8.09. The second-order valence-electron chi connectivity index (χ2n) is 6.26. The molecule has 0 bridgehead atoms. The molecule has 3 nitrogen and oxygen atoms in total. The maximum Gasteiger partial charge on any atom is 0.384 e. The summed E-state index contributed by atoms with van der Waals surface area (Å²) in [7, 11) is -5.20. The minimum absolute atomic E-state index is 0.479. The van der Waals surface area contributed by atoms with Gasteiger partial charge in [-0.05, 0) is 62.6 Å². The van der Waals surface area contributed by atoms with Gasteiger partial charge in [-0.15, -0.1) is 0 Å². The van der Waals surface area contributed by atoms with Gasteiger partial charge in [0.05, 0.1) is 10.0 Å². The molecule has 2 aromatic carbocycles. The van der Waals surface area contributed by atoms with Gasteiger partial charge in [0.1, 0.15) is 11.5 Å². The first-order valence-corrected chi connectivity index (χ1v) is 14.6. The standard InChI is InChI=1S/C16H18Cl4O3Si2/c1-24(2,21-15-9-11(17)5-7-13(15)19)23-25(3,4)22-16-10-12(18)6-8-14(16)20/h5-10H,1-4H3. The fraction of sp³-hybridized carbons (Fsp3) is 0.250. The monoisotopic (exact) mass is 454 g/mol. The fourth-order valence-electron chi connectivity index (χ4n) is 2.27. The average Bonchev–Trinajstić information content (AvgIpc) is 2.45. The van der Waals surface area contributed by atoms with Gasteiger partial charge in [0.25, 0.3) is 0 Å². The van der Waals surface area contributed by atoms with Gasteiger partial charge in [0, 0.05) is 10.0 Å². The molecule has 0 amide bonds. The van der Waals surface area contributed by atoms with Crippen LogP contribution < -0.4 is 8.85 Å². The zero-order chi connectivity index (χ0) is 18.8. The Kier molecular flexibility index (Phi) is 6.76. The van der Waals surface area contributed by atoms with Crippen LogP contribution in [-0.2, 0) is 4.12 Å². The van der Waals surface area contributed by atoms with Crippen LogP contribution in [0.3, 0.4) is 0 Å². The summed E-state index contributed by atoms with van der Waals surface area (Å²) in [6.45, 7) is 7.67. The first-order chi connectivity index (χ1) is 11.5. The third-order valence-corrected chi connectivity index (χ3v) is 9.44. The predicted octanol–water partition coefficient (Wildman–Crippen LogP) is 7.18. The molecule has 0 fully saturated rings. The maximum absolute atomic E-state index is 6.25. The summed E-state index contributed by atoms with van der Waals surface area (Å²) >= 11 is 24.4. The molecule has 25 heavy (non-hydrogen) atoms. The van der Waals surface area contributed by atoms with Gasteiger partial charge < -0.3 is 13.0 Å². The zero-order valence-electron chi connectivity index (χ0n) is 14.2. The smallest absolute Gasteiger partial charge is 0.384 e. The molecule has 2 aromatic rings. The second-order valence-corrected chi connectivity index (χ2v) is 14.8. The lowest BCUT2D eigenvalue weighted by atomic mass is 10.3. The third kappa shape index (κ3) is 6.36. The predicted molar refractivity (Wildman–Crippen MR) is 110 cm³/mol. The SMILES string of the molecule is C[Si](C)(Oc1cc(Cl)ccc1Cl)O[Si](C)(C)Oc1cc(Cl)ccc1Cl. The van der Waals surface area contributed by atoms with E-state index in [-0.39, 0.29) is 0 Å². The number of benzene rings is 2. The zero-order valence-corrected chi connectivity index (χ0v) is 19.2. The van der Waals surface area contributed by atoms with Crippen molar-refractivity contribution in [2.24, 2.45) is 0 Å². The third-order valence-electron chi connectivity index (χ3n) is 2.99. The van der Waals surface area contributed by atoms with E-state index in [0.29, 0.717) is 31.6 Å². The molecule has 136 valence electrons. The van der Waals surface area contributed by atoms with Crippen molar-refractivity contribution in [1.82, 2.24) is 0 Å². The fourth-order valence-corrected chi connectivity index (χ4v) is 9.51. The summed E-state index contributed by atoms with van der Waals surface area (Å²) in [6.07, 6.45) is 0. The van der Waals surface area contributed by atoms with Crippen LogP contribution in [0.15, 0.2) is 36.4 Å². The minimum Gasteiger partial charge on any atom is -0.520 e. The number of rotatable bonds is 6. The molecule has 0 aliphatic rings. The molecule has 0 saturated heterocycles. The molecule has 0 atom stereocenters. The molecule has 0 saturated carbocycles. The van der Waals surface area contributed by atoms with Crippen molar-refractivity contribution >= 4 is 63.5 Å². The van der Waals surface area contributed by atoms with Crippen molar-refractivity contribution in [3.05, 3.63) is 56.5 Å². The van der Waals surface area contributed by atoms with E-state index in [1.807, 2.05) is 26.2 Å². The van der Waals surface area contributed by atoms with E-state index in [0.717, 1.165) is 0 Å². The molecular formula is C16H18Cl4O3Si2. The highest BCUT2D eigenvalue weighted by atomic mass is 35.5. The highest BCUT2D eigenvalue weighted by Gasteiger charge is 2.40. The van der Waals surface area contributed by atoms with Crippen molar-refractivity contribution in [2.45, 2.75) is 26.2 Å². The van der Waals surface area contributed by atoms with Crippen molar-refractivity contribution in [2.75, 3.05) is 0 Å². The van der Waals surface area contributed by atoms with E-state index in [1.54, 1.807) is 36.4 Å². The quantitative estimate of drug-likeness (QED) is 0.431. The topological polar surface area (TPSA) is 27.7 Å². The number of halogens is 4. The van der Waals surface area contributed by atoms with Crippen LogP contribution in [-0.4, -0.2) is 17.1 Å². The van der Waals surface area contributed by atoms with E-state index >= 15 is 0 Å². The molecule has 2 rings (SSSR count). The lowest BCUT2D eigenvalue weighted by molar-refractivity contribution is 0.334. The largest absolute Gasteiger partial charge is 0.520 e. The average molecular weight is 456 g/mol. The Morgan fingerprint density at radius 3 is 1.36 bits per heavy atom. The van der Waals surface area contributed by atoms with E-state index < -0.39 is 17.1 Å². The Hall–Kier alpha value is -0.406. The highest BCUT2D eigenvalue weighted by molar-refractivity contribution is 6.79. The molecular weight excluding hydrogens is 438 g/mol. The summed E-state index contributed by atoms with van der Waals surface area (Å²) in [5.41, 5.74) is 0. The molecule has 0 N–H and O–H groups in total. The Balaban J connectivity index is 2.14. The van der Waals surface area contributed by atoms with Gasteiger partial charge in [0.2, 0.25) is 0 Å². The summed E-state index contributed by atoms with van der Waals surface area (Å²) in [5, 5.41) is 2.05. The normalized spacial score (nSPS) is 12.2. The van der Waals surface area contributed by atoms with E-state index in [1.165, 1.54) is 0 Å². The summed E-state index contributed by atoms with van der Waals surface area (Å²) in [6, 6.07) is 10.1. The van der Waals surface area contributed by atoms with Crippen LogP contribution in [0.1, 0.15) is 0 Å². The van der Waals surface area contributed by atoms with Gasteiger partial charge in [-0.2, -0.15) is 0 Å². The summed E-state index contributed by atoms with van der Waals surface area (Å²) in [5.74, 6) is 0.993. The molecule has 0 unspecified atom stereocenters. The van der Waals surface area contributed by atoms with Crippen LogP contribution in [0.4, 0.5) is 0 Å². The molecule has 0 aliphatic carbocycles. The summed E-state index contributed by atoms with van der Waals surface area (Å²) in [4.78, 5) is 0. The number of hydrogen-bond acceptors (Lipinski definition) is 3.